The summed E-state index contributed by atoms with van der Waals surface area (Å²) >= 11 is 0. The van der Waals surface area contributed by atoms with E-state index in [1.54, 1.807) is 0 Å². The SMILES string of the molecule is CCc1c(C)nc(-c2ccc(F)c(F)c2)nc1N. The molecule has 0 aliphatic heterocycles. The lowest BCUT2D eigenvalue weighted by Gasteiger charge is -2.08. The molecule has 1 heterocycles. The van der Waals surface area contributed by atoms with Crippen LogP contribution in [-0.4, -0.2) is 9.97 Å². The fraction of sp³-hybridized carbons (Fsp3) is 0.231. The maximum absolute atomic E-state index is 13.1. The van der Waals surface area contributed by atoms with Crippen molar-refractivity contribution in [3.05, 3.63) is 41.1 Å². The Morgan fingerprint density at radius 2 is 1.89 bits per heavy atom. The predicted molar refractivity (Wildman–Crippen MR) is 65.9 cm³/mol. The van der Waals surface area contributed by atoms with E-state index in [0.29, 0.717) is 17.2 Å². The van der Waals surface area contributed by atoms with Gasteiger partial charge in [0.15, 0.2) is 17.5 Å². The number of aromatic nitrogens is 2. The maximum atomic E-state index is 13.1. The number of hydrogen-bond donors (Lipinski definition) is 1. The summed E-state index contributed by atoms with van der Waals surface area (Å²) in [6, 6.07) is 3.54. The third kappa shape index (κ3) is 2.16. The minimum atomic E-state index is -0.924. The molecule has 0 spiro atoms. The highest BCUT2D eigenvalue weighted by atomic mass is 19.2. The van der Waals surface area contributed by atoms with E-state index in [1.807, 2.05) is 13.8 Å². The second kappa shape index (κ2) is 4.68. The van der Waals surface area contributed by atoms with E-state index in [-0.39, 0.29) is 0 Å². The first-order chi connectivity index (χ1) is 8.52. The minimum Gasteiger partial charge on any atom is -0.383 e. The van der Waals surface area contributed by atoms with E-state index >= 15 is 0 Å². The number of nitrogen functional groups attached to an aromatic ring is 1. The fourth-order valence-corrected chi connectivity index (χ4v) is 1.82. The lowest BCUT2D eigenvalue weighted by molar-refractivity contribution is 0.509. The molecule has 2 rings (SSSR count). The van der Waals surface area contributed by atoms with Crippen LogP contribution in [0.3, 0.4) is 0 Å². The van der Waals surface area contributed by atoms with E-state index in [4.69, 9.17) is 5.73 Å². The number of nitrogens with zero attached hydrogens (tertiary/aromatic N) is 2. The van der Waals surface area contributed by atoms with Crippen LogP contribution >= 0.6 is 0 Å². The number of anilines is 1. The lowest BCUT2D eigenvalue weighted by Crippen LogP contribution is -2.04. The van der Waals surface area contributed by atoms with Gasteiger partial charge in [0.1, 0.15) is 5.82 Å². The number of benzene rings is 1. The van der Waals surface area contributed by atoms with Gasteiger partial charge in [0, 0.05) is 16.8 Å². The zero-order valence-corrected chi connectivity index (χ0v) is 10.2. The monoisotopic (exact) mass is 249 g/mol. The molecule has 0 bridgehead atoms. The Morgan fingerprint density at radius 3 is 2.44 bits per heavy atom. The van der Waals surface area contributed by atoms with Crippen molar-refractivity contribution in [3.63, 3.8) is 0 Å². The van der Waals surface area contributed by atoms with Crippen LogP contribution in [0.25, 0.3) is 11.4 Å². The summed E-state index contributed by atoms with van der Waals surface area (Å²) in [7, 11) is 0. The van der Waals surface area contributed by atoms with Gasteiger partial charge in [-0.05, 0) is 31.5 Å². The molecule has 18 heavy (non-hydrogen) atoms. The Labute approximate surface area is 104 Å². The Hall–Kier alpha value is -2.04. The molecule has 94 valence electrons. The quantitative estimate of drug-likeness (QED) is 0.890. The lowest BCUT2D eigenvalue weighted by atomic mass is 10.1. The van der Waals surface area contributed by atoms with Gasteiger partial charge >= 0.3 is 0 Å². The Kier molecular flexibility index (Phi) is 3.23. The van der Waals surface area contributed by atoms with Gasteiger partial charge in [-0.25, -0.2) is 18.7 Å². The molecule has 2 N–H and O–H groups in total. The molecule has 3 nitrogen and oxygen atoms in total. The number of hydrogen-bond acceptors (Lipinski definition) is 3. The van der Waals surface area contributed by atoms with E-state index in [1.165, 1.54) is 6.07 Å². The van der Waals surface area contributed by atoms with Gasteiger partial charge in [-0.3, -0.25) is 0 Å². The average molecular weight is 249 g/mol. The zero-order valence-electron chi connectivity index (χ0n) is 10.2. The molecule has 0 saturated heterocycles. The molecule has 2 aromatic rings. The summed E-state index contributed by atoms with van der Waals surface area (Å²) in [5, 5.41) is 0. The molecule has 0 saturated carbocycles. The van der Waals surface area contributed by atoms with Crippen molar-refractivity contribution in [1.29, 1.82) is 0 Å². The van der Waals surface area contributed by atoms with Crippen LogP contribution in [0.2, 0.25) is 0 Å². The largest absolute Gasteiger partial charge is 0.383 e. The normalized spacial score (nSPS) is 10.7. The predicted octanol–water partition coefficient (Wildman–Crippen LogP) is 2.87. The van der Waals surface area contributed by atoms with Crippen LogP contribution in [0.1, 0.15) is 18.2 Å². The first-order valence-electron chi connectivity index (χ1n) is 5.61. The molecule has 0 amide bonds. The molecule has 5 heteroatoms. The van der Waals surface area contributed by atoms with Gasteiger partial charge in [0.05, 0.1) is 0 Å². The molecule has 0 unspecified atom stereocenters. The number of halogens is 2. The minimum absolute atomic E-state index is 0.307. The molecule has 1 aromatic carbocycles. The first-order valence-corrected chi connectivity index (χ1v) is 5.61. The number of nitrogens with two attached hydrogens (primary N) is 1. The fourth-order valence-electron chi connectivity index (χ4n) is 1.82. The third-order valence-corrected chi connectivity index (χ3v) is 2.78. The van der Waals surface area contributed by atoms with Gasteiger partial charge < -0.3 is 5.73 Å². The molecular formula is C13H13F2N3. The van der Waals surface area contributed by atoms with Crippen molar-refractivity contribution < 1.29 is 8.78 Å². The van der Waals surface area contributed by atoms with E-state index in [9.17, 15) is 8.78 Å². The summed E-state index contributed by atoms with van der Waals surface area (Å²) in [6.45, 7) is 3.78. The summed E-state index contributed by atoms with van der Waals surface area (Å²) in [5.74, 6) is -1.13. The van der Waals surface area contributed by atoms with E-state index in [0.717, 1.165) is 29.8 Å². The highest BCUT2D eigenvalue weighted by Crippen LogP contribution is 2.22. The Bertz CT molecular complexity index is 574. The summed E-state index contributed by atoms with van der Waals surface area (Å²) < 4.78 is 26.0. The third-order valence-electron chi connectivity index (χ3n) is 2.78. The topological polar surface area (TPSA) is 51.8 Å². The van der Waals surface area contributed by atoms with Crippen molar-refractivity contribution in [2.45, 2.75) is 20.3 Å². The van der Waals surface area contributed by atoms with E-state index in [2.05, 4.69) is 9.97 Å². The highest BCUT2D eigenvalue weighted by molar-refractivity contribution is 5.58. The van der Waals surface area contributed by atoms with Gasteiger partial charge in [-0.2, -0.15) is 0 Å². The molecule has 0 radical (unpaired) electrons. The van der Waals surface area contributed by atoms with Gasteiger partial charge in [0.25, 0.3) is 0 Å². The summed E-state index contributed by atoms with van der Waals surface area (Å²) in [5.41, 5.74) is 7.86. The molecular weight excluding hydrogens is 236 g/mol. The van der Waals surface area contributed by atoms with Crippen LogP contribution < -0.4 is 5.73 Å². The van der Waals surface area contributed by atoms with Crippen molar-refractivity contribution in [1.82, 2.24) is 9.97 Å². The van der Waals surface area contributed by atoms with Crippen molar-refractivity contribution in [2.24, 2.45) is 0 Å². The van der Waals surface area contributed by atoms with Crippen molar-refractivity contribution in [3.8, 4) is 11.4 Å². The van der Waals surface area contributed by atoms with Crippen LogP contribution in [0.15, 0.2) is 18.2 Å². The maximum Gasteiger partial charge on any atom is 0.161 e. The molecule has 0 atom stereocenters. The van der Waals surface area contributed by atoms with Crippen molar-refractivity contribution >= 4 is 5.82 Å². The highest BCUT2D eigenvalue weighted by Gasteiger charge is 2.11. The van der Waals surface area contributed by atoms with Gasteiger partial charge in [0.2, 0.25) is 0 Å². The molecule has 1 aromatic heterocycles. The van der Waals surface area contributed by atoms with Gasteiger partial charge in [-0.1, -0.05) is 6.92 Å². The molecule has 0 aliphatic rings. The average Bonchev–Trinajstić information content (AvgIpc) is 2.32. The van der Waals surface area contributed by atoms with Gasteiger partial charge in [-0.15, -0.1) is 0 Å². The van der Waals surface area contributed by atoms with Crippen LogP contribution in [-0.2, 0) is 6.42 Å². The first kappa shape index (κ1) is 12.4. The zero-order chi connectivity index (χ0) is 13.3. The van der Waals surface area contributed by atoms with Crippen LogP contribution in [0.4, 0.5) is 14.6 Å². The smallest absolute Gasteiger partial charge is 0.161 e. The molecule has 0 aliphatic carbocycles. The second-order valence-corrected chi connectivity index (χ2v) is 3.98. The number of rotatable bonds is 2. The Balaban J connectivity index is 2.54. The van der Waals surface area contributed by atoms with Crippen LogP contribution in [0, 0.1) is 18.6 Å². The van der Waals surface area contributed by atoms with E-state index < -0.39 is 11.6 Å². The standard InChI is InChI=1S/C13H13F2N3/c1-3-9-7(2)17-13(18-12(9)16)8-4-5-10(14)11(15)6-8/h4-6H,3H2,1-2H3,(H2,16,17,18). The van der Waals surface area contributed by atoms with Crippen molar-refractivity contribution in [2.75, 3.05) is 5.73 Å². The summed E-state index contributed by atoms with van der Waals surface area (Å²) in [4.78, 5) is 8.39. The Morgan fingerprint density at radius 1 is 1.17 bits per heavy atom. The molecule has 0 fully saturated rings. The summed E-state index contributed by atoms with van der Waals surface area (Å²) in [6.07, 6.45) is 0.732. The van der Waals surface area contributed by atoms with Crippen LogP contribution in [0.5, 0.6) is 0 Å². The second-order valence-electron chi connectivity index (χ2n) is 3.98. The number of aryl methyl sites for hydroxylation is 1.